The number of esters is 1. The Morgan fingerprint density at radius 3 is 2.45 bits per heavy atom. The van der Waals surface area contributed by atoms with Crippen LogP contribution < -0.4 is 15.4 Å². The third-order valence-electron chi connectivity index (χ3n) is 4.45. The predicted octanol–water partition coefficient (Wildman–Crippen LogP) is 2.82. The second-order valence-electron chi connectivity index (χ2n) is 6.95. The number of nitrogens with one attached hydrogen (secondary N) is 2. The van der Waals surface area contributed by atoms with Gasteiger partial charge in [0.2, 0.25) is 5.91 Å². The molecule has 1 aliphatic rings. The zero-order valence-corrected chi connectivity index (χ0v) is 17.1. The van der Waals surface area contributed by atoms with Gasteiger partial charge in [0, 0.05) is 5.69 Å². The van der Waals surface area contributed by atoms with Gasteiger partial charge in [-0.05, 0) is 48.9 Å². The van der Waals surface area contributed by atoms with Crippen molar-refractivity contribution >= 4 is 29.5 Å². The molecule has 174 valence electrons. The highest BCUT2D eigenvalue weighted by Crippen LogP contribution is 2.24. The fourth-order valence-electron chi connectivity index (χ4n) is 2.86. The first-order valence-electron chi connectivity index (χ1n) is 9.56. The Morgan fingerprint density at radius 1 is 1.15 bits per heavy atom. The average Bonchev–Trinajstić information content (AvgIpc) is 3.06. The number of urea groups is 1. The van der Waals surface area contributed by atoms with E-state index >= 15 is 0 Å². The highest BCUT2D eigenvalue weighted by Gasteiger charge is 2.31. The molecule has 0 spiro atoms. The topological polar surface area (TPSA) is 114 Å². The highest BCUT2D eigenvalue weighted by atomic mass is 19.4. The molecule has 3 rings (SSSR count). The SMILES string of the molecule is CC(OC(=O)c1cccc(CN2C(=O)CNC2=O)c1)C(=O)Nc1ccc(OC(F)(F)F)cc1. The van der Waals surface area contributed by atoms with Gasteiger partial charge in [-0.3, -0.25) is 14.5 Å². The second-order valence-corrected chi connectivity index (χ2v) is 6.95. The van der Waals surface area contributed by atoms with Crippen LogP contribution in [0, 0.1) is 0 Å². The molecule has 12 heteroatoms. The van der Waals surface area contributed by atoms with Gasteiger partial charge in [-0.15, -0.1) is 13.2 Å². The number of amides is 4. The number of benzene rings is 2. The number of carbonyl (C=O) groups is 4. The average molecular weight is 465 g/mol. The number of rotatable bonds is 7. The van der Waals surface area contributed by atoms with Gasteiger partial charge in [0.15, 0.2) is 6.10 Å². The van der Waals surface area contributed by atoms with Gasteiger partial charge in [-0.1, -0.05) is 12.1 Å². The van der Waals surface area contributed by atoms with Gasteiger partial charge >= 0.3 is 18.4 Å². The molecule has 0 radical (unpaired) electrons. The smallest absolute Gasteiger partial charge is 0.449 e. The van der Waals surface area contributed by atoms with E-state index in [0.717, 1.165) is 17.0 Å². The van der Waals surface area contributed by atoms with Gasteiger partial charge in [0.25, 0.3) is 5.91 Å². The van der Waals surface area contributed by atoms with Crippen molar-refractivity contribution in [2.45, 2.75) is 25.9 Å². The molecule has 0 saturated carbocycles. The van der Waals surface area contributed by atoms with Crippen LogP contribution in [0.1, 0.15) is 22.8 Å². The Morgan fingerprint density at radius 2 is 1.85 bits per heavy atom. The maximum absolute atomic E-state index is 12.4. The molecule has 4 amide bonds. The van der Waals surface area contributed by atoms with Crippen LogP contribution in [0.15, 0.2) is 48.5 Å². The van der Waals surface area contributed by atoms with E-state index in [0.29, 0.717) is 5.56 Å². The lowest BCUT2D eigenvalue weighted by molar-refractivity contribution is -0.274. The molecule has 2 N–H and O–H groups in total. The summed E-state index contributed by atoms with van der Waals surface area (Å²) in [6.07, 6.45) is -6.06. The number of hydrogen-bond donors (Lipinski definition) is 2. The van der Waals surface area contributed by atoms with Gasteiger partial charge in [-0.25, -0.2) is 9.59 Å². The summed E-state index contributed by atoms with van der Waals surface area (Å²) in [5, 5.41) is 4.81. The maximum Gasteiger partial charge on any atom is 0.573 e. The lowest BCUT2D eigenvalue weighted by Gasteiger charge is -2.15. The fourth-order valence-corrected chi connectivity index (χ4v) is 2.86. The zero-order valence-electron chi connectivity index (χ0n) is 17.1. The van der Waals surface area contributed by atoms with Crippen LogP contribution in [-0.4, -0.2) is 47.7 Å². The molecule has 1 atom stereocenters. The van der Waals surface area contributed by atoms with Crippen LogP contribution in [0.3, 0.4) is 0 Å². The van der Waals surface area contributed by atoms with E-state index in [2.05, 4.69) is 15.4 Å². The van der Waals surface area contributed by atoms with E-state index in [-0.39, 0.29) is 24.3 Å². The van der Waals surface area contributed by atoms with Crippen molar-refractivity contribution in [3.05, 3.63) is 59.7 Å². The molecule has 2 aromatic rings. The summed E-state index contributed by atoms with van der Waals surface area (Å²) in [5.41, 5.74) is 0.786. The van der Waals surface area contributed by atoms with Crippen LogP contribution >= 0.6 is 0 Å². The summed E-state index contributed by atoms with van der Waals surface area (Å²) in [5.74, 6) is -2.36. The molecule has 1 fully saturated rings. The summed E-state index contributed by atoms with van der Waals surface area (Å²) >= 11 is 0. The van der Waals surface area contributed by atoms with Crippen molar-refractivity contribution in [1.82, 2.24) is 10.2 Å². The van der Waals surface area contributed by atoms with Crippen LogP contribution in [-0.2, 0) is 20.9 Å². The van der Waals surface area contributed by atoms with Crippen LogP contribution in [0.4, 0.5) is 23.7 Å². The standard InChI is InChI=1S/C21H18F3N3O6/c1-12(18(29)26-15-5-7-16(8-6-15)33-21(22,23)24)32-19(30)14-4-2-3-13(9-14)11-27-17(28)10-25-20(27)31/h2-9,12H,10-11H2,1H3,(H,25,31)(H,26,29). The van der Waals surface area contributed by atoms with E-state index in [9.17, 15) is 32.3 Å². The summed E-state index contributed by atoms with van der Waals surface area (Å²) < 4.78 is 45.5. The molecule has 0 aromatic heterocycles. The van der Waals surface area contributed by atoms with Crippen molar-refractivity contribution in [2.24, 2.45) is 0 Å². The van der Waals surface area contributed by atoms with Crippen molar-refractivity contribution in [3.8, 4) is 5.75 Å². The number of imide groups is 1. The maximum atomic E-state index is 12.4. The number of anilines is 1. The predicted molar refractivity (Wildman–Crippen MR) is 107 cm³/mol. The zero-order chi connectivity index (χ0) is 24.2. The molecule has 0 aliphatic carbocycles. The van der Waals surface area contributed by atoms with E-state index in [4.69, 9.17) is 4.74 Å². The Balaban J connectivity index is 1.57. The number of nitrogens with zero attached hydrogens (tertiary/aromatic N) is 1. The lowest BCUT2D eigenvalue weighted by atomic mass is 10.1. The molecule has 1 unspecified atom stereocenters. The van der Waals surface area contributed by atoms with Crippen LogP contribution in [0.2, 0.25) is 0 Å². The summed E-state index contributed by atoms with van der Waals surface area (Å²) in [4.78, 5) is 49.1. The largest absolute Gasteiger partial charge is 0.573 e. The molecule has 2 aromatic carbocycles. The first-order chi connectivity index (χ1) is 15.5. The first-order valence-corrected chi connectivity index (χ1v) is 9.56. The number of carbonyl (C=O) groups excluding carboxylic acids is 4. The van der Waals surface area contributed by atoms with Gasteiger partial charge in [0.1, 0.15) is 5.75 Å². The van der Waals surface area contributed by atoms with Crippen molar-refractivity contribution in [1.29, 1.82) is 0 Å². The molecule has 33 heavy (non-hydrogen) atoms. The van der Waals surface area contributed by atoms with Crippen LogP contribution in [0.5, 0.6) is 5.75 Å². The Kier molecular flexibility index (Phi) is 6.85. The lowest BCUT2D eigenvalue weighted by Crippen LogP contribution is -2.31. The van der Waals surface area contributed by atoms with Crippen molar-refractivity contribution in [2.75, 3.05) is 11.9 Å². The van der Waals surface area contributed by atoms with E-state index in [1.807, 2.05) is 0 Å². The molecule has 0 bridgehead atoms. The van der Waals surface area contributed by atoms with Crippen molar-refractivity contribution in [3.63, 3.8) is 0 Å². The van der Waals surface area contributed by atoms with E-state index in [1.165, 1.54) is 31.2 Å². The Hall–Kier alpha value is -4.09. The molecule has 9 nitrogen and oxygen atoms in total. The minimum Gasteiger partial charge on any atom is -0.449 e. The highest BCUT2D eigenvalue weighted by molar-refractivity contribution is 6.02. The quantitative estimate of drug-likeness (QED) is 0.480. The summed E-state index contributed by atoms with van der Waals surface area (Å²) in [6, 6.07) is 9.97. The van der Waals surface area contributed by atoms with Gasteiger partial charge in [-0.2, -0.15) is 0 Å². The normalized spacial score (nSPS) is 14.5. The third-order valence-corrected chi connectivity index (χ3v) is 4.45. The molecule has 1 aliphatic heterocycles. The third kappa shape index (κ3) is 6.45. The number of ether oxygens (including phenoxy) is 2. The minimum atomic E-state index is -4.83. The Bertz CT molecular complexity index is 1060. The van der Waals surface area contributed by atoms with Gasteiger partial charge < -0.3 is 20.1 Å². The summed E-state index contributed by atoms with van der Waals surface area (Å²) in [6.45, 7) is 1.20. The minimum absolute atomic E-state index is 0.0319. The van der Waals surface area contributed by atoms with E-state index < -0.39 is 42.0 Å². The van der Waals surface area contributed by atoms with Crippen LogP contribution in [0.25, 0.3) is 0 Å². The second kappa shape index (κ2) is 9.59. The van der Waals surface area contributed by atoms with E-state index in [1.54, 1.807) is 12.1 Å². The Labute approximate surface area is 185 Å². The first kappa shape index (κ1) is 23.6. The van der Waals surface area contributed by atoms with Gasteiger partial charge in [0.05, 0.1) is 18.7 Å². The monoisotopic (exact) mass is 465 g/mol. The molecular weight excluding hydrogens is 447 g/mol. The molecule has 1 heterocycles. The number of alkyl halides is 3. The van der Waals surface area contributed by atoms with Crippen molar-refractivity contribution < 1.29 is 41.8 Å². The molecule has 1 saturated heterocycles. The number of halogens is 3. The summed E-state index contributed by atoms with van der Waals surface area (Å²) in [7, 11) is 0. The molecular formula is C21H18F3N3O6. The number of hydrogen-bond acceptors (Lipinski definition) is 6. The fraction of sp³-hybridized carbons (Fsp3) is 0.238.